The van der Waals surface area contributed by atoms with E-state index in [1.165, 1.54) is 0 Å². The minimum atomic E-state index is 0. The third kappa shape index (κ3) is 8.83. The molecule has 0 aromatic heterocycles. The monoisotopic (exact) mass is 505 g/mol. The molecule has 0 aromatic carbocycles. The maximum Gasteiger partial charge on any atom is 0 e. The van der Waals surface area contributed by atoms with E-state index in [4.69, 9.17) is 0 Å². The standard InChI is InChI=1S/Co.Fe.2Pt. The van der Waals surface area contributed by atoms with E-state index in [0.29, 0.717) is 0 Å². The van der Waals surface area contributed by atoms with E-state index in [1.54, 1.807) is 0 Å². The molecule has 0 fully saturated rings. The van der Waals surface area contributed by atoms with Crippen molar-refractivity contribution in [3.63, 3.8) is 0 Å². The average Bonchev–Trinajstić information content (AvgIpc) is 0. The molecule has 0 aliphatic rings. The molecule has 0 bridgehead atoms. The molecule has 0 N–H and O–H groups in total. The van der Waals surface area contributed by atoms with E-state index in [2.05, 4.69) is 0 Å². The van der Waals surface area contributed by atoms with Crippen LogP contribution in [0.4, 0.5) is 0 Å². The van der Waals surface area contributed by atoms with Gasteiger partial charge in [-0.25, -0.2) is 0 Å². The second kappa shape index (κ2) is 18.1. The Morgan fingerprint density at radius 1 is 0.750 bits per heavy atom. The smallest absolute Gasteiger partial charge is 0 e. The molecule has 0 aliphatic carbocycles. The minimum Gasteiger partial charge on any atom is 0 e. The van der Waals surface area contributed by atoms with Gasteiger partial charge in [0.1, 0.15) is 0 Å². The summed E-state index contributed by atoms with van der Waals surface area (Å²) in [5.74, 6) is 0. The van der Waals surface area contributed by atoms with Gasteiger partial charge in [-0.3, -0.25) is 0 Å². The van der Waals surface area contributed by atoms with Crippen molar-refractivity contribution in [2.45, 2.75) is 0 Å². The molecule has 0 aromatic rings. The summed E-state index contributed by atoms with van der Waals surface area (Å²) in [7, 11) is 0. The van der Waals surface area contributed by atoms with E-state index >= 15 is 0 Å². The molecule has 4 heteroatoms. The van der Waals surface area contributed by atoms with Crippen molar-refractivity contribution in [2.75, 3.05) is 0 Å². The first-order valence-electron chi connectivity index (χ1n) is 0. The minimum absolute atomic E-state index is 0. The average molecular weight is 505 g/mol. The van der Waals surface area contributed by atoms with Gasteiger partial charge in [0, 0.05) is 76.0 Å². The van der Waals surface area contributed by atoms with Crippen LogP contribution in [0.2, 0.25) is 0 Å². The predicted octanol–water partition coefficient (Wildman–Crippen LogP) is -0.0100. The molecule has 0 spiro atoms. The quantitative estimate of drug-likeness (QED) is 0.407. The first kappa shape index (κ1) is 32.4. The fourth-order valence-electron chi connectivity index (χ4n) is 0. The molecular weight excluding hydrogens is 505 g/mol. The number of hydrogen-bond donors (Lipinski definition) is 0. The van der Waals surface area contributed by atoms with Gasteiger partial charge in [0.15, 0.2) is 0 Å². The van der Waals surface area contributed by atoms with Crippen LogP contribution < -0.4 is 0 Å². The van der Waals surface area contributed by atoms with E-state index in [-0.39, 0.29) is 76.0 Å². The van der Waals surface area contributed by atoms with Crippen molar-refractivity contribution < 1.29 is 76.0 Å². The van der Waals surface area contributed by atoms with Gasteiger partial charge in [-0.2, -0.15) is 0 Å². The Kier molecular flexibility index (Phi) is 147. The van der Waals surface area contributed by atoms with Gasteiger partial charge in [0.05, 0.1) is 0 Å². The summed E-state index contributed by atoms with van der Waals surface area (Å²) < 4.78 is 0. The molecule has 37 valence electrons. The van der Waals surface area contributed by atoms with Crippen LogP contribution in [-0.4, -0.2) is 0 Å². The molecule has 1 radical (unpaired) electrons. The van der Waals surface area contributed by atoms with Crippen LogP contribution in [-0.2, 0) is 76.0 Å². The number of hydrogen-bond acceptors (Lipinski definition) is 0. The van der Waals surface area contributed by atoms with Crippen LogP contribution in [0.5, 0.6) is 0 Å². The third-order valence-electron chi connectivity index (χ3n) is 0. The first-order valence-corrected chi connectivity index (χ1v) is 0. The van der Waals surface area contributed by atoms with Crippen LogP contribution in [0.15, 0.2) is 0 Å². The molecule has 0 saturated heterocycles. The maximum atomic E-state index is 0. The van der Waals surface area contributed by atoms with Crippen LogP contribution in [0.25, 0.3) is 0 Å². The van der Waals surface area contributed by atoms with E-state index in [9.17, 15) is 0 Å². The number of rotatable bonds is 0. The Morgan fingerprint density at radius 2 is 0.750 bits per heavy atom. The molecule has 0 heterocycles. The molecule has 0 saturated carbocycles. The van der Waals surface area contributed by atoms with Crippen molar-refractivity contribution in [1.29, 1.82) is 0 Å². The molecule has 0 rings (SSSR count). The Labute approximate surface area is 75.1 Å². The molecule has 0 amide bonds. The van der Waals surface area contributed by atoms with Gasteiger partial charge < -0.3 is 0 Å². The summed E-state index contributed by atoms with van der Waals surface area (Å²) in [5, 5.41) is 0. The Bertz CT molecular complexity index is 6.00. The predicted molar refractivity (Wildman–Crippen MR) is 0 cm³/mol. The molecular formula is CoFePt2. The molecule has 0 unspecified atom stereocenters. The largest absolute Gasteiger partial charge is 0 e. The van der Waals surface area contributed by atoms with E-state index in [1.807, 2.05) is 0 Å². The van der Waals surface area contributed by atoms with Crippen molar-refractivity contribution >= 4 is 0 Å². The molecule has 0 aliphatic heterocycles. The third-order valence-corrected chi connectivity index (χ3v) is 0. The second-order valence-corrected chi connectivity index (χ2v) is 0. The van der Waals surface area contributed by atoms with Gasteiger partial charge >= 0.3 is 0 Å². The van der Waals surface area contributed by atoms with Gasteiger partial charge in [0.2, 0.25) is 0 Å². The summed E-state index contributed by atoms with van der Waals surface area (Å²) >= 11 is 0. The zero-order chi connectivity index (χ0) is 0. The van der Waals surface area contributed by atoms with Crippen molar-refractivity contribution in [3.05, 3.63) is 0 Å². The maximum absolute atomic E-state index is 0. The molecule has 0 atom stereocenters. The van der Waals surface area contributed by atoms with Crippen molar-refractivity contribution in [2.24, 2.45) is 0 Å². The van der Waals surface area contributed by atoms with Gasteiger partial charge in [-0.15, -0.1) is 0 Å². The van der Waals surface area contributed by atoms with Crippen LogP contribution >= 0.6 is 0 Å². The Hall–Kier alpha value is 2.40. The zero-order valence-electron chi connectivity index (χ0n) is 1.32. The van der Waals surface area contributed by atoms with Crippen LogP contribution in [0.1, 0.15) is 0 Å². The zero-order valence-corrected chi connectivity index (χ0v) is 8.01. The summed E-state index contributed by atoms with van der Waals surface area (Å²) in [4.78, 5) is 0. The van der Waals surface area contributed by atoms with Crippen molar-refractivity contribution in [1.82, 2.24) is 0 Å². The normalized spacial score (nSPS) is 0. The van der Waals surface area contributed by atoms with Crippen molar-refractivity contribution in [3.8, 4) is 0 Å². The SMILES string of the molecule is [Co].[Fe].[Pt].[Pt]. The summed E-state index contributed by atoms with van der Waals surface area (Å²) in [6, 6.07) is 0. The molecule has 4 heavy (non-hydrogen) atoms. The van der Waals surface area contributed by atoms with Crippen LogP contribution in [0, 0.1) is 0 Å². The van der Waals surface area contributed by atoms with Crippen LogP contribution in [0.3, 0.4) is 0 Å². The second-order valence-electron chi connectivity index (χ2n) is 0. The first-order chi connectivity index (χ1) is 0. The summed E-state index contributed by atoms with van der Waals surface area (Å²) in [6.07, 6.45) is 0. The Balaban J connectivity index is 0. The fraction of sp³-hybridized carbons (Fsp3) is 0. The topological polar surface area (TPSA) is 0 Å². The molecule has 0 nitrogen and oxygen atoms in total. The fourth-order valence-corrected chi connectivity index (χ4v) is 0. The Morgan fingerprint density at radius 3 is 0.750 bits per heavy atom. The van der Waals surface area contributed by atoms with E-state index in [0.717, 1.165) is 0 Å². The van der Waals surface area contributed by atoms with Gasteiger partial charge in [-0.1, -0.05) is 0 Å². The van der Waals surface area contributed by atoms with E-state index < -0.39 is 0 Å². The summed E-state index contributed by atoms with van der Waals surface area (Å²) in [6.45, 7) is 0. The van der Waals surface area contributed by atoms with Gasteiger partial charge in [-0.05, 0) is 0 Å². The summed E-state index contributed by atoms with van der Waals surface area (Å²) in [5.41, 5.74) is 0. The van der Waals surface area contributed by atoms with Gasteiger partial charge in [0.25, 0.3) is 0 Å².